The standard InChI is InChI=1S/C26H27N5O2/c27-19-11-15(2-4-21(19)31-7-9-33-10-8-31)20-12-18-16(13-28-20)1-3-17-22-24(30-23(17)18)26(5-6-26)14-29-25(22)32/h2,4,11-13,30H,1,3,5-10,14,27H2,(H,29,32). The zero-order valence-electron chi connectivity index (χ0n) is 18.5. The maximum absolute atomic E-state index is 12.8. The predicted octanol–water partition coefficient (Wildman–Crippen LogP) is 3.04. The van der Waals surface area contributed by atoms with Crippen LogP contribution in [0.25, 0.3) is 22.5 Å². The number of aromatic amines is 1. The van der Waals surface area contributed by atoms with E-state index in [1.807, 2.05) is 12.3 Å². The molecule has 0 bridgehead atoms. The first-order chi connectivity index (χ1) is 16.1. The molecular formula is C26H27N5O2. The molecule has 0 radical (unpaired) electrons. The summed E-state index contributed by atoms with van der Waals surface area (Å²) in [7, 11) is 0. The van der Waals surface area contributed by atoms with Gasteiger partial charge in [0.05, 0.1) is 41.5 Å². The van der Waals surface area contributed by atoms with E-state index in [1.165, 1.54) is 11.1 Å². The van der Waals surface area contributed by atoms with E-state index in [1.54, 1.807) is 0 Å². The minimum Gasteiger partial charge on any atom is -0.397 e. The minimum absolute atomic E-state index is 0.0734. The fourth-order valence-corrected chi connectivity index (χ4v) is 5.81. The fraction of sp³-hybridized carbons (Fsp3) is 0.385. The van der Waals surface area contributed by atoms with Gasteiger partial charge in [-0.25, -0.2) is 0 Å². The highest BCUT2D eigenvalue weighted by Gasteiger charge is 2.51. The SMILES string of the molecule is Nc1cc(-c2cc3c(cn2)CCc2c-3[nH]c3c2C(=O)NCC32CC2)ccc1N1CCOCC1. The Balaban J connectivity index is 1.29. The van der Waals surface area contributed by atoms with Gasteiger partial charge in [-0.2, -0.15) is 0 Å². The summed E-state index contributed by atoms with van der Waals surface area (Å²) in [4.78, 5) is 23.5. The van der Waals surface area contributed by atoms with E-state index in [0.717, 1.165) is 104 Å². The van der Waals surface area contributed by atoms with Crippen molar-refractivity contribution >= 4 is 17.3 Å². The largest absolute Gasteiger partial charge is 0.397 e. The molecule has 1 saturated carbocycles. The van der Waals surface area contributed by atoms with Crippen LogP contribution in [-0.2, 0) is 23.0 Å². The predicted molar refractivity (Wildman–Crippen MR) is 128 cm³/mol. The lowest BCUT2D eigenvalue weighted by Crippen LogP contribution is -2.39. The number of nitrogens with one attached hydrogen (secondary N) is 2. The molecule has 7 heteroatoms. The van der Waals surface area contributed by atoms with E-state index >= 15 is 0 Å². The highest BCUT2D eigenvalue weighted by molar-refractivity contribution is 6.01. The lowest BCUT2D eigenvalue weighted by molar-refractivity contribution is 0.0936. The zero-order chi connectivity index (χ0) is 22.2. The summed E-state index contributed by atoms with van der Waals surface area (Å²) in [5, 5.41) is 3.13. The summed E-state index contributed by atoms with van der Waals surface area (Å²) in [5.41, 5.74) is 17.0. The first kappa shape index (κ1) is 19.2. The number of rotatable bonds is 2. The van der Waals surface area contributed by atoms with Gasteiger partial charge < -0.3 is 25.7 Å². The van der Waals surface area contributed by atoms with Gasteiger partial charge in [-0.15, -0.1) is 0 Å². The summed E-state index contributed by atoms with van der Waals surface area (Å²) in [6, 6.07) is 8.38. The molecule has 7 rings (SSSR count). The molecule has 1 amide bonds. The monoisotopic (exact) mass is 441 g/mol. The van der Waals surface area contributed by atoms with Crippen molar-refractivity contribution in [2.24, 2.45) is 0 Å². The van der Waals surface area contributed by atoms with Crippen LogP contribution in [0, 0.1) is 0 Å². The Bertz CT molecular complexity index is 1300. The number of hydrogen-bond acceptors (Lipinski definition) is 5. The van der Waals surface area contributed by atoms with Crippen molar-refractivity contribution in [3.63, 3.8) is 0 Å². The van der Waals surface area contributed by atoms with E-state index in [4.69, 9.17) is 15.5 Å². The summed E-state index contributed by atoms with van der Waals surface area (Å²) in [6.45, 7) is 3.93. The number of benzene rings is 1. The fourth-order valence-electron chi connectivity index (χ4n) is 5.81. The van der Waals surface area contributed by atoms with Crippen LogP contribution in [0.4, 0.5) is 11.4 Å². The minimum atomic E-state index is 0.0734. The van der Waals surface area contributed by atoms with Crippen LogP contribution < -0.4 is 16.0 Å². The number of morpholine rings is 1. The van der Waals surface area contributed by atoms with Crippen LogP contribution in [0.3, 0.4) is 0 Å². The van der Waals surface area contributed by atoms with Crippen LogP contribution in [0.15, 0.2) is 30.5 Å². The van der Waals surface area contributed by atoms with Gasteiger partial charge in [-0.1, -0.05) is 6.07 Å². The van der Waals surface area contributed by atoms with Gasteiger partial charge in [0.2, 0.25) is 0 Å². The molecule has 4 heterocycles. The molecule has 7 nitrogen and oxygen atoms in total. The number of aryl methyl sites for hydroxylation is 1. The van der Waals surface area contributed by atoms with Gasteiger partial charge in [-0.3, -0.25) is 9.78 Å². The number of fused-ring (bicyclic) bond motifs is 6. The molecule has 1 saturated heterocycles. The van der Waals surface area contributed by atoms with E-state index in [-0.39, 0.29) is 11.3 Å². The van der Waals surface area contributed by atoms with Crippen molar-refractivity contribution in [1.82, 2.24) is 15.3 Å². The first-order valence-electron chi connectivity index (χ1n) is 11.9. The molecule has 0 unspecified atom stereocenters. The number of amides is 1. The van der Waals surface area contributed by atoms with Crippen molar-refractivity contribution in [2.45, 2.75) is 31.1 Å². The normalized spacial score (nSPS) is 20.1. The molecule has 4 N–H and O–H groups in total. The average Bonchev–Trinajstić information content (AvgIpc) is 3.51. The second-order valence-corrected chi connectivity index (χ2v) is 9.79. The van der Waals surface area contributed by atoms with Crippen molar-refractivity contribution in [2.75, 3.05) is 43.5 Å². The van der Waals surface area contributed by atoms with Crippen LogP contribution in [-0.4, -0.2) is 48.7 Å². The van der Waals surface area contributed by atoms with E-state index in [0.29, 0.717) is 0 Å². The quantitative estimate of drug-likeness (QED) is 0.531. The topological polar surface area (TPSA) is 96.3 Å². The average molecular weight is 442 g/mol. The summed E-state index contributed by atoms with van der Waals surface area (Å²) >= 11 is 0. The Morgan fingerprint density at radius 3 is 2.76 bits per heavy atom. The highest BCUT2D eigenvalue weighted by atomic mass is 16.5. The molecule has 1 spiro atoms. The van der Waals surface area contributed by atoms with Gasteiger partial charge in [0.1, 0.15) is 0 Å². The molecule has 2 aliphatic carbocycles. The third-order valence-corrected chi connectivity index (χ3v) is 7.88. The van der Waals surface area contributed by atoms with E-state index in [9.17, 15) is 4.79 Å². The van der Waals surface area contributed by atoms with Crippen molar-refractivity contribution in [1.29, 1.82) is 0 Å². The maximum atomic E-state index is 12.8. The van der Waals surface area contributed by atoms with Gasteiger partial charge in [0, 0.05) is 48.1 Å². The molecule has 2 aromatic heterocycles. The third-order valence-electron chi connectivity index (χ3n) is 7.88. The number of nitrogens with zero attached hydrogens (tertiary/aromatic N) is 2. The number of carbonyl (C=O) groups excluding carboxylic acids is 1. The third kappa shape index (κ3) is 2.85. The van der Waals surface area contributed by atoms with Crippen LogP contribution in [0.2, 0.25) is 0 Å². The Kier molecular flexibility index (Phi) is 3.97. The number of anilines is 2. The molecule has 33 heavy (non-hydrogen) atoms. The number of pyridine rings is 1. The van der Waals surface area contributed by atoms with Crippen molar-refractivity contribution < 1.29 is 9.53 Å². The van der Waals surface area contributed by atoms with Gasteiger partial charge in [0.25, 0.3) is 5.91 Å². The second-order valence-electron chi connectivity index (χ2n) is 9.79. The zero-order valence-corrected chi connectivity index (χ0v) is 18.5. The highest BCUT2D eigenvalue weighted by Crippen LogP contribution is 2.52. The van der Waals surface area contributed by atoms with Crippen LogP contribution in [0.1, 0.15) is 40.0 Å². The van der Waals surface area contributed by atoms with Gasteiger partial charge >= 0.3 is 0 Å². The van der Waals surface area contributed by atoms with Crippen LogP contribution >= 0.6 is 0 Å². The molecule has 168 valence electrons. The number of ether oxygens (including phenoxy) is 1. The molecule has 1 aromatic carbocycles. The van der Waals surface area contributed by atoms with Gasteiger partial charge in [-0.05, 0) is 55.0 Å². The maximum Gasteiger partial charge on any atom is 0.253 e. The number of hydrogen-bond donors (Lipinski definition) is 3. The summed E-state index contributed by atoms with van der Waals surface area (Å²) in [5.74, 6) is 0.0734. The molecule has 2 aliphatic heterocycles. The Morgan fingerprint density at radius 1 is 1.12 bits per heavy atom. The Morgan fingerprint density at radius 2 is 1.97 bits per heavy atom. The Hall–Kier alpha value is -3.32. The summed E-state index contributed by atoms with van der Waals surface area (Å²) < 4.78 is 5.47. The first-order valence-corrected chi connectivity index (χ1v) is 11.9. The number of nitrogen functional groups attached to an aromatic ring is 1. The second kappa shape index (κ2) is 6.84. The number of carbonyl (C=O) groups is 1. The number of aromatic nitrogens is 2. The number of H-pyrrole nitrogens is 1. The molecular weight excluding hydrogens is 414 g/mol. The molecule has 3 aromatic rings. The van der Waals surface area contributed by atoms with Crippen LogP contribution in [0.5, 0.6) is 0 Å². The van der Waals surface area contributed by atoms with E-state index < -0.39 is 0 Å². The smallest absolute Gasteiger partial charge is 0.253 e. The molecule has 0 atom stereocenters. The molecule has 2 fully saturated rings. The lowest BCUT2D eigenvalue weighted by Gasteiger charge is -2.30. The van der Waals surface area contributed by atoms with Crippen molar-refractivity contribution in [3.05, 3.63) is 52.8 Å². The lowest BCUT2D eigenvalue weighted by atomic mass is 9.86. The number of nitrogens with two attached hydrogens (primary N) is 1. The molecule has 4 aliphatic rings. The van der Waals surface area contributed by atoms with Crippen molar-refractivity contribution in [3.8, 4) is 22.5 Å². The summed E-state index contributed by atoms with van der Waals surface area (Å²) in [6.07, 6.45) is 6.05. The van der Waals surface area contributed by atoms with Gasteiger partial charge in [0.15, 0.2) is 0 Å². The van der Waals surface area contributed by atoms with E-state index in [2.05, 4.69) is 33.4 Å². The Labute approximate surface area is 192 Å².